The maximum Gasteiger partial charge on any atom is 0.0993 e. The molecule has 0 amide bonds. The molecule has 0 radical (unpaired) electrons. The zero-order valence-corrected chi connectivity index (χ0v) is 12.3. The first-order chi connectivity index (χ1) is 10.3. The minimum atomic E-state index is -0.564. The van der Waals surface area contributed by atoms with Gasteiger partial charge in [0, 0.05) is 11.9 Å². The van der Waals surface area contributed by atoms with Crippen LogP contribution in [0.3, 0.4) is 0 Å². The van der Waals surface area contributed by atoms with Gasteiger partial charge in [0.05, 0.1) is 36.0 Å². The first kappa shape index (κ1) is 15.5. The lowest BCUT2D eigenvalue weighted by molar-refractivity contribution is 0.0398. The van der Waals surface area contributed by atoms with Gasteiger partial charge in [-0.3, -0.25) is 0 Å². The van der Waals surface area contributed by atoms with E-state index in [1.165, 1.54) is 11.8 Å². The molecule has 1 aromatic heterocycles. The first-order valence-corrected chi connectivity index (χ1v) is 7.55. The Kier molecular flexibility index (Phi) is 6.22. The van der Waals surface area contributed by atoms with Crippen LogP contribution in [0.4, 0.5) is 0 Å². The van der Waals surface area contributed by atoms with Gasteiger partial charge in [0.2, 0.25) is 0 Å². The fourth-order valence-electron chi connectivity index (χ4n) is 1.67. The molecule has 4 nitrogen and oxygen atoms in total. The average molecular weight is 300 g/mol. The standard InChI is InChI=1S/C16H16N2O2S/c17-9-14-6-7-18-16(8-14)21-12-15(19)11-20-10-13-4-2-1-3-5-13/h1-8,15,19H,10-12H2. The highest BCUT2D eigenvalue weighted by Gasteiger charge is 2.07. The highest BCUT2D eigenvalue weighted by Crippen LogP contribution is 2.17. The van der Waals surface area contributed by atoms with Gasteiger partial charge in [0.15, 0.2) is 0 Å². The van der Waals surface area contributed by atoms with Gasteiger partial charge >= 0.3 is 0 Å². The van der Waals surface area contributed by atoms with Crippen molar-refractivity contribution in [3.63, 3.8) is 0 Å². The molecule has 0 saturated heterocycles. The van der Waals surface area contributed by atoms with Crippen molar-refractivity contribution in [1.29, 1.82) is 5.26 Å². The predicted molar refractivity (Wildman–Crippen MR) is 81.8 cm³/mol. The first-order valence-electron chi connectivity index (χ1n) is 6.56. The molecule has 5 heteroatoms. The van der Waals surface area contributed by atoms with Crippen molar-refractivity contribution in [2.24, 2.45) is 0 Å². The largest absolute Gasteiger partial charge is 0.390 e. The van der Waals surface area contributed by atoms with Crippen molar-refractivity contribution >= 4 is 11.8 Å². The molecule has 1 aromatic carbocycles. The number of hydrogen-bond donors (Lipinski definition) is 1. The van der Waals surface area contributed by atoms with Crippen LogP contribution >= 0.6 is 11.8 Å². The lowest BCUT2D eigenvalue weighted by atomic mass is 10.2. The Morgan fingerprint density at radius 3 is 2.86 bits per heavy atom. The van der Waals surface area contributed by atoms with Gasteiger partial charge in [-0.05, 0) is 17.7 Å². The number of ether oxygens (including phenoxy) is 1. The summed E-state index contributed by atoms with van der Waals surface area (Å²) >= 11 is 1.41. The number of aromatic nitrogens is 1. The van der Waals surface area contributed by atoms with E-state index in [0.717, 1.165) is 10.6 Å². The third-order valence-electron chi connectivity index (χ3n) is 2.71. The zero-order valence-electron chi connectivity index (χ0n) is 11.5. The molecule has 0 spiro atoms. The summed E-state index contributed by atoms with van der Waals surface area (Å²) < 4.78 is 5.48. The van der Waals surface area contributed by atoms with Gasteiger partial charge < -0.3 is 9.84 Å². The Labute approximate surface area is 128 Å². The Morgan fingerprint density at radius 1 is 1.29 bits per heavy atom. The predicted octanol–water partition coefficient (Wildman–Crippen LogP) is 2.62. The van der Waals surface area contributed by atoms with Crippen LogP contribution < -0.4 is 0 Å². The zero-order chi connectivity index (χ0) is 14.9. The molecule has 0 fully saturated rings. The smallest absolute Gasteiger partial charge is 0.0993 e. The number of pyridine rings is 1. The summed E-state index contributed by atoms with van der Waals surface area (Å²) in [6.45, 7) is 0.768. The summed E-state index contributed by atoms with van der Waals surface area (Å²) in [5.41, 5.74) is 1.66. The fourth-order valence-corrected chi connectivity index (χ4v) is 2.48. The third kappa shape index (κ3) is 5.56. The van der Waals surface area contributed by atoms with Crippen molar-refractivity contribution in [2.75, 3.05) is 12.4 Å². The van der Waals surface area contributed by atoms with Crippen LogP contribution in [0.25, 0.3) is 0 Å². The molecule has 0 saturated carbocycles. The Balaban J connectivity index is 1.70. The molecule has 0 bridgehead atoms. The van der Waals surface area contributed by atoms with E-state index < -0.39 is 6.10 Å². The van der Waals surface area contributed by atoms with E-state index in [-0.39, 0.29) is 6.61 Å². The molecule has 0 aliphatic heterocycles. The molecule has 0 aliphatic rings. The number of aliphatic hydroxyl groups is 1. The second kappa shape index (κ2) is 8.42. The van der Waals surface area contributed by atoms with Gasteiger partial charge in [0.25, 0.3) is 0 Å². The molecule has 1 unspecified atom stereocenters. The van der Waals surface area contributed by atoms with Gasteiger partial charge in [-0.1, -0.05) is 30.3 Å². The minimum Gasteiger partial charge on any atom is -0.390 e. The van der Waals surface area contributed by atoms with Crippen molar-refractivity contribution in [2.45, 2.75) is 17.7 Å². The summed E-state index contributed by atoms with van der Waals surface area (Å²) in [5, 5.41) is 19.4. The van der Waals surface area contributed by atoms with Gasteiger partial charge in [0.1, 0.15) is 0 Å². The van der Waals surface area contributed by atoms with E-state index in [1.807, 2.05) is 30.3 Å². The molecule has 1 atom stereocenters. The Hall–Kier alpha value is -1.87. The van der Waals surface area contributed by atoms with Gasteiger partial charge in [-0.15, -0.1) is 11.8 Å². The second-order valence-corrected chi connectivity index (χ2v) is 5.50. The summed E-state index contributed by atoms with van der Waals surface area (Å²) in [6, 6.07) is 15.3. The molecular weight excluding hydrogens is 284 g/mol. The maximum atomic E-state index is 9.88. The van der Waals surface area contributed by atoms with Crippen LogP contribution in [0.2, 0.25) is 0 Å². The number of nitrogens with zero attached hydrogens (tertiary/aromatic N) is 2. The van der Waals surface area contributed by atoms with E-state index in [9.17, 15) is 5.11 Å². The molecule has 1 heterocycles. The van der Waals surface area contributed by atoms with Crippen LogP contribution in [-0.4, -0.2) is 28.6 Å². The number of aliphatic hydroxyl groups excluding tert-OH is 1. The van der Waals surface area contributed by atoms with E-state index in [0.29, 0.717) is 17.9 Å². The summed E-state index contributed by atoms with van der Waals surface area (Å²) in [6.07, 6.45) is 1.03. The Morgan fingerprint density at radius 2 is 2.10 bits per heavy atom. The van der Waals surface area contributed by atoms with E-state index in [2.05, 4.69) is 11.1 Å². The van der Waals surface area contributed by atoms with Gasteiger partial charge in [-0.25, -0.2) is 4.98 Å². The van der Waals surface area contributed by atoms with Crippen LogP contribution in [0.1, 0.15) is 11.1 Å². The minimum absolute atomic E-state index is 0.278. The number of hydrogen-bond acceptors (Lipinski definition) is 5. The number of nitriles is 1. The Bertz CT molecular complexity index is 599. The van der Waals surface area contributed by atoms with E-state index >= 15 is 0 Å². The van der Waals surface area contributed by atoms with Gasteiger partial charge in [-0.2, -0.15) is 5.26 Å². The van der Waals surface area contributed by atoms with Crippen molar-refractivity contribution < 1.29 is 9.84 Å². The van der Waals surface area contributed by atoms with Crippen LogP contribution in [0.5, 0.6) is 0 Å². The third-order valence-corrected chi connectivity index (χ3v) is 3.78. The van der Waals surface area contributed by atoms with Crippen LogP contribution in [0, 0.1) is 11.3 Å². The summed E-state index contributed by atoms with van der Waals surface area (Å²) in [5.74, 6) is 0.483. The second-order valence-electron chi connectivity index (χ2n) is 4.46. The van der Waals surface area contributed by atoms with E-state index in [4.69, 9.17) is 10.00 Å². The number of thioether (sulfide) groups is 1. The van der Waals surface area contributed by atoms with Crippen molar-refractivity contribution in [3.05, 3.63) is 59.8 Å². The number of benzene rings is 1. The number of rotatable bonds is 7. The van der Waals surface area contributed by atoms with E-state index in [1.54, 1.807) is 18.3 Å². The molecular formula is C16H16N2O2S. The highest BCUT2D eigenvalue weighted by molar-refractivity contribution is 7.99. The summed E-state index contributed by atoms with van der Waals surface area (Å²) in [4.78, 5) is 4.15. The molecule has 21 heavy (non-hydrogen) atoms. The maximum absolute atomic E-state index is 9.88. The van der Waals surface area contributed by atoms with Crippen molar-refractivity contribution in [1.82, 2.24) is 4.98 Å². The van der Waals surface area contributed by atoms with Crippen LogP contribution in [0.15, 0.2) is 53.7 Å². The SMILES string of the molecule is N#Cc1ccnc(SCC(O)COCc2ccccc2)c1. The molecule has 1 N–H and O–H groups in total. The van der Waals surface area contributed by atoms with Crippen molar-refractivity contribution in [3.8, 4) is 6.07 Å². The lowest BCUT2D eigenvalue weighted by Gasteiger charge is -2.10. The molecule has 0 aliphatic carbocycles. The fraction of sp³-hybridized carbons (Fsp3) is 0.250. The average Bonchev–Trinajstić information content (AvgIpc) is 2.54. The lowest BCUT2D eigenvalue weighted by Crippen LogP contribution is -2.18. The quantitative estimate of drug-likeness (QED) is 0.796. The molecule has 2 aromatic rings. The summed E-state index contributed by atoms with van der Waals surface area (Å²) in [7, 11) is 0. The molecule has 108 valence electrons. The topological polar surface area (TPSA) is 66.1 Å². The normalized spacial score (nSPS) is 11.8. The highest BCUT2D eigenvalue weighted by atomic mass is 32.2. The van der Waals surface area contributed by atoms with Crippen LogP contribution in [-0.2, 0) is 11.3 Å². The molecule has 2 rings (SSSR count). The monoisotopic (exact) mass is 300 g/mol.